The lowest BCUT2D eigenvalue weighted by molar-refractivity contribution is -0.123. The van der Waals surface area contributed by atoms with Gasteiger partial charge in [-0.05, 0) is 104 Å². The summed E-state index contributed by atoms with van der Waals surface area (Å²) in [5, 5.41) is 1.44. The fourth-order valence-electron chi connectivity index (χ4n) is 3.10. The highest BCUT2D eigenvalue weighted by molar-refractivity contribution is 14.1. The van der Waals surface area contributed by atoms with Crippen LogP contribution < -0.4 is 9.47 Å². The Hall–Kier alpha value is -1.71. The Labute approximate surface area is 212 Å². The smallest absolute Gasteiger partial charge is 0.266 e. The van der Waals surface area contributed by atoms with Gasteiger partial charge < -0.3 is 9.47 Å². The maximum absolute atomic E-state index is 13.0. The van der Waals surface area contributed by atoms with Crippen LogP contribution in [0.3, 0.4) is 0 Å². The predicted molar refractivity (Wildman–Crippen MR) is 142 cm³/mol. The second kappa shape index (κ2) is 10.9. The van der Waals surface area contributed by atoms with Gasteiger partial charge in [0.15, 0.2) is 16.7 Å². The number of amides is 1. The van der Waals surface area contributed by atoms with Crippen LogP contribution in [-0.4, -0.2) is 35.2 Å². The summed E-state index contributed by atoms with van der Waals surface area (Å²) in [6.07, 6.45) is 1.89. The topological polar surface area (TPSA) is 51.1 Å². The van der Waals surface area contributed by atoms with Crippen molar-refractivity contribution in [2.45, 2.75) is 46.4 Å². The molecule has 0 saturated carbocycles. The average molecular weight is 585 g/mol. The number of halogens is 2. The third-order valence-electron chi connectivity index (χ3n) is 4.57. The number of ether oxygens (including phenoxy) is 2. The highest BCUT2D eigenvalue weighted by Crippen LogP contribution is 2.38. The molecule has 2 aromatic rings. The lowest BCUT2D eigenvalue weighted by Gasteiger charge is -2.20. The van der Waals surface area contributed by atoms with E-state index in [4.69, 9.17) is 21.1 Å². The van der Waals surface area contributed by atoms with Crippen LogP contribution in [0.25, 0.3) is 6.08 Å². The van der Waals surface area contributed by atoms with Crippen molar-refractivity contribution in [3.63, 3.8) is 0 Å². The molecule has 0 aromatic heterocycles. The third kappa shape index (κ3) is 5.99. The Kier molecular flexibility index (Phi) is 8.52. The van der Waals surface area contributed by atoms with E-state index in [1.165, 1.54) is 11.8 Å². The molecule has 0 aliphatic carbocycles. The molecular weight excluding hydrogens is 559 g/mol. The lowest BCUT2D eigenvalue weighted by Crippen LogP contribution is -2.35. The number of amidine groups is 1. The number of hydrogen-bond donors (Lipinski definition) is 0. The summed E-state index contributed by atoms with van der Waals surface area (Å²) in [5.74, 6) is 1.26. The van der Waals surface area contributed by atoms with Crippen LogP contribution in [0.2, 0.25) is 5.02 Å². The molecule has 1 saturated heterocycles. The Morgan fingerprint density at radius 2 is 1.88 bits per heavy atom. The van der Waals surface area contributed by atoms with E-state index >= 15 is 0 Å². The number of nitrogens with zero attached hydrogens (tertiary/aromatic N) is 2. The van der Waals surface area contributed by atoms with Gasteiger partial charge in [-0.3, -0.25) is 14.7 Å². The van der Waals surface area contributed by atoms with Gasteiger partial charge in [0, 0.05) is 17.1 Å². The number of methoxy groups -OCH3 is 1. The minimum absolute atomic E-state index is 0.0264. The van der Waals surface area contributed by atoms with Gasteiger partial charge in [-0.2, -0.15) is 0 Å². The van der Waals surface area contributed by atoms with Crippen molar-refractivity contribution < 1.29 is 14.3 Å². The maximum atomic E-state index is 13.0. The summed E-state index contributed by atoms with van der Waals surface area (Å²) in [4.78, 5) is 20.1. The summed E-state index contributed by atoms with van der Waals surface area (Å²) in [6.45, 7) is 8.41. The normalized spacial score (nSPS) is 16.7. The molecular formula is C24H26ClIN2O3S. The van der Waals surface area contributed by atoms with Crippen molar-refractivity contribution in [1.82, 2.24) is 4.90 Å². The minimum Gasteiger partial charge on any atom is -0.493 e. The van der Waals surface area contributed by atoms with E-state index < -0.39 is 0 Å². The minimum atomic E-state index is -0.0264. The average Bonchev–Trinajstić information content (AvgIpc) is 3.02. The molecule has 32 heavy (non-hydrogen) atoms. The number of carbonyl (C=O) groups is 1. The first-order chi connectivity index (χ1) is 15.2. The molecule has 1 heterocycles. The van der Waals surface area contributed by atoms with Gasteiger partial charge in [-0.25, -0.2) is 0 Å². The van der Waals surface area contributed by atoms with E-state index in [-0.39, 0.29) is 18.0 Å². The van der Waals surface area contributed by atoms with Crippen molar-refractivity contribution in [3.8, 4) is 11.5 Å². The molecule has 1 amide bonds. The van der Waals surface area contributed by atoms with E-state index in [1.54, 1.807) is 12.0 Å². The molecule has 170 valence electrons. The molecule has 1 fully saturated rings. The van der Waals surface area contributed by atoms with Crippen LogP contribution in [-0.2, 0) is 11.4 Å². The second-order valence-electron chi connectivity index (χ2n) is 7.83. The van der Waals surface area contributed by atoms with Crippen molar-refractivity contribution in [3.05, 3.63) is 61.0 Å². The van der Waals surface area contributed by atoms with Crippen LogP contribution in [0.1, 0.15) is 38.8 Å². The van der Waals surface area contributed by atoms with Crippen molar-refractivity contribution in [2.75, 3.05) is 7.11 Å². The van der Waals surface area contributed by atoms with Gasteiger partial charge in [0.1, 0.15) is 6.61 Å². The summed E-state index contributed by atoms with van der Waals surface area (Å²) in [5.41, 5.74) is 1.88. The van der Waals surface area contributed by atoms with Gasteiger partial charge in [0.05, 0.1) is 15.6 Å². The molecule has 0 radical (unpaired) electrons. The fourth-order valence-corrected chi connectivity index (χ4v) is 5.24. The molecule has 1 aliphatic heterocycles. The van der Waals surface area contributed by atoms with E-state index in [2.05, 4.69) is 27.6 Å². The number of benzene rings is 2. The SMILES string of the molecule is COc1cc(/C=C2\SC(=NC(C)C)N(C(C)C)C2=O)cc(I)c1OCc1ccc(Cl)cc1. The van der Waals surface area contributed by atoms with Crippen LogP contribution in [0.5, 0.6) is 11.5 Å². The molecule has 0 spiro atoms. The van der Waals surface area contributed by atoms with Crippen molar-refractivity contribution in [1.29, 1.82) is 0 Å². The van der Waals surface area contributed by atoms with Crippen LogP contribution >= 0.6 is 46.0 Å². The zero-order valence-corrected chi connectivity index (χ0v) is 22.4. The highest BCUT2D eigenvalue weighted by Gasteiger charge is 2.35. The second-order valence-corrected chi connectivity index (χ2v) is 10.4. The summed E-state index contributed by atoms with van der Waals surface area (Å²) >= 11 is 9.60. The monoisotopic (exact) mass is 584 g/mol. The zero-order valence-electron chi connectivity index (χ0n) is 18.7. The number of rotatable bonds is 7. The molecule has 5 nitrogen and oxygen atoms in total. The number of aliphatic imine (C=N–C) groups is 1. The van der Waals surface area contributed by atoms with E-state index in [0.29, 0.717) is 28.0 Å². The highest BCUT2D eigenvalue weighted by atomic mass is 127. The first kappa shape index (κ1) is 24.9. The van der Waals surface area contributed by atoms with Crippen LogP contribution in [0.4, 0.5) is 0 Å². The van der Waals surface area contributed by atoms with E-state index in [9.17, 15) is 4.79 Å². The van der Waals surface area contributed by atoms with E-state index in [0.717, 1.165) is 19.9 Å². The number of hydrogen-bond acceptors (Lipinski definition) is 5. The first-order valence-electron chi connectivity index (χ1n) is 10.2. The van der Waals surface area contributed by atoms with E-state index in [1.807, 2.05) is 70.2 Å². The Balaban J connectivity index is 1.87. The lowest BCUT2D eigenvalue weighted by atomic mass is 10.1. The Morgan fingerprint density at radius 1 is 1.19 bits per heavy atom. The van der Waals surface area contributed by atoms with Gasteiger partial charge in [-0.1, -0.05) is 23.7 Å². The molecule has 0 bridgehead atoms. The predicted octanol–water partition coefficient (Wildman–Crippen LogP) is 6.62. The summed E-state index contributed by atoms with van der Waals surface area (Å²) in [7, 11) is 1.61. The van der Waals surface area contributed by atoms with Gasteiger partial charge in [0.2, 0.25) is 0 Å². The first-order valence-corrected chi connectivity index (χ1v) is 12.5. The molecule has 0 unspecified atom stereocenters. The summed E-state index contributed by atoms with van der Waals surface area (Å²) in [6, 6.07) is 11.6. The maximum Gasteiger partial charge on any atom is 0.266 e. The zero-order chi connectivity index (χ0) is 23.4. The third-order valence-corrected chi connectivity index (χ3v) is 6.62. The molecule has 3 rings (SSSR count). The Morgan fingerprint density at radius 3 is 2.47 bits per heavy atom. The molecule has 1 aliphatic rings. The molecule has 0 atom stereocenters. The van der Waals surface area contributed by atoms with Gasteiger partial charge in [0.25, 0.3) is 5.91 Å². The summed E-state index contributed by atoms with van der Waals surface area (Å²) < 4.78 is 12.5. The standard InChI is InChI=1S/C24H26ClIN2O3S/c1-14(2)27-24-28(15(3)4)23(29)21(32-24)12-17-10-19(26)22(20(11-17)30-5)31-13-16-6-8-18(25)9-7-16/h6-12,14-15H,13H2,1-5H3/b21-12-,27-24?. The van der Waals surface area contributed by atoms with Gasteiger partial charge in [-0.15, -0.1) is 0 Å². The fraction of sp³-hybridized carbons (Fsp3) is 0.333. The quantitative estimate of drug-likeness (QED) is 0.271. The van der Waals surface area contributed by atoms with Crippen LogP contribution in [0, 0.1) is 3.57 Å². The van der Waals surface area contributed by atoms with Crippen molar-refractivity contribution >= 4 is 63.1 Å². The molecule has 8 heteroatoms. The van der Waals surface area contributed by atoms with Crippen molar-refractivity contribution in [2.24, 2.45) is 4.99 Å². The molecule has 0 N–H and O–H groups in total. The number of carbonyl (C=O) groups excluding carboxylic acids is 1. The van der Waals surface area contributed by atoms with Gasteiger partial charge >= 0.3 is 0 Å². The number of thioether (sulfide) groups is 1. The largest absolute Gasteiger partial charge is 0.493 e. The Bertz CT molecular complexity index is 1050. The van der Waals surface area contributed by atoms with Crippen LogP contribution in [0.15, 0.2) is 46.3 Å². The molecule has 2 aromatic carbocycles.